The molecule has 182 valence electrons. The molecule has 2 unspecified atom stereocenters. The summed E-state index contributed by atoms with van der Waals surface area (Å²) in [5.74, 6) is -0.284. The highest BCUT2D eigenvalue weighted by atomic mass is 79.9. The number of anilines is 1. The van der Waals surface area contributed by atoms with Crippen molar-refractivity contribution in [2.24, 2.45) is 5.92 Å². The maximum Gasteiger partial charge on any atom is 0.245 e. The van der Waals surface area contributed by atoms with Gasteiger partial charge < -0.3 is 9.80 Å². The number of hydrogen-bond acceptors (Lipinski definition) is 4. The van der Waals surface area contributed by atoms with Crippen LogP contribution in [0.15, 0.2) is 21.5 Å². The van der Waals surface area contributed by atoms with Gasteiger partial charge in [-0.25, -0.2) is 8.42 Å². The van der Waals surface area contributed by atoms with E-state index in [4.69, 9.17) is 0 Å². The van der Waals surface area contributed by atoms with Gasteiger partial charge in [0.25, 0.3) is 0 Å². The Kier molecular flexibility index (Phi) is 7.50. The Hall–Kier alpha value is -1.45. The van der Waals surface area contributed by atoms with Crippen LogP contribution >= 0.6 is 15.9 Å². The normalized spacial score (nSPS) is 24.1. The monoisotopic (exact) mass is 539 g/mol. The summed E-state index contributed by atoms with van der Waals surface area (Å²) in [5, 5.41) is 0. The molecule has 2 fully saturated rings. The summed E-state index contributed by atoms with van der Waals surface area (Å²) in [4.78, 5) is 29.7. The van der Waals surface area contributed by atoms with Crippen molar-refractivity contribution in [2.45, 2.75) is 76.2 Å². The predicted molar refractivity (Wildman–Crippen MR) is 132 cm³/mol. The number of fused-ring (bicyclic) bond motifs is 1. The zero-order valence-electron chi connectivity index (χ0n) is 19.6. The Morgan fingerprint density at radius 1 is 1.06 bits per heavy atom. The topological polar surface area (TPSA) is 78.0 Å². The third kappa shape index (κ3) is 4.73. The van der Waals surface area contributed by atoms with Crippen LogP contribution in [0.25, 0.3) is 0 Å². The molecule has 4 rings (SSSR count). The lowest BCUT2D eigenvalue weighted by Gasteiger charge is -2.40. The van der Waals surface area contributed by atoms with Crippen LogP contribution in [0.5, 0.6) is 0 Å². The Labute approximate surface area is 205 Å². The van der Waals surface area contributed by atoms with Crippen molar-refractivity contribution < 1.29 is 18.0 Å². The van der Waals surface area contributed by atoms with Crippen molar-refractivity contribution in [1.82, 2.24) is 9.21 Å². The second kappa shape index (κ2) is 10.0. The summed E-state index contributed by atoms with van der Waals surface area (Å²) in [6.07, 6.45) is 6.47. The number of rotatable bonds is 5. The van der Waals surface area contributed by atoms with E-state index in [0.29, 0.717) is 42.5 Å². The minimum absolute atomic E-state index is 0.0741. The molecule has 0 N–H and O–H groups in total. The second-order valence-electron chi connectivity index (χ2n) is 9.35. The molecule has 3 aliphatic rings. The van der Waals surface area contributed by atoms with Crippen LogP contribution in [-0.4, -0.2) is 61.7 Å². The Bertz CT molecular complexity index is 1030. The molecule has 0 spiro atoms. The molecule has 0 radical (unpaired) electrons. The van der Waals surface area contributed by atoms with Gasteiger partial charge in [0.1, 0.15) is 4.90 Å². The standard InChI is InChI=1S/C24H34BrN3O4S/c1-3-20-9-5-6-12-27(20)24(30)18-8-7-11-26(16-18)33(31,32)21-15-19(25)14-17-10-13-28(23(17)21)22(29)4-2/h14-15,18,20H,3-13,16H2,1-2H3. The van der Waals surface area contributed by atoms with Crippen LogP contribution in [0.1, 0.15) is 64.4 Å². The molecule has 1 aromatic rings. The Balaban J connectivity index is 1.62. The summed E-state index contributed by atoms with van der Waals surface area (Å²) in [6, 6.07) is 3.78. The molecule has 2 atom stereocenters. The van der Waals surface area contributed by atoms with Crippen LogP contribution in [0.3, 0.4) is 0 Å². The van der Waals surface area contributed by atoms with Gasteiger partial charge >= 0.3 is 0 Å². The minimum atomic E-state index is -3.86. The lowest BCUT2D eigenvalue weighted by molar-refractivity contribution is -0.140. The number of carbonyl (C=O) groups is 2. The zero-order valence-corrected chi connectivity index (χ0v) is 22.0. The van der Waals surface area contributed by atoms with Crippen molar-refractivity contribution in [3.8, 4) is 0 Å². The first-order valence-corrected chi connectivity index (χ1v) is 14.4. The van der Waals surface area contributed by atoms with Crippen LogP contribution in [0.2, 0.25) is 0 Å². The SMILES string of the molecule is CCC(=O)N1CCc2cc(Br)cc(S(=O)(=O)N3CCCC(C(=O)N4CCCCC4CC)C3)c21. The van der Waals surface area contributed by atoms with Gasteiger partial charge in [0.15, 0.2) is 0 Å². The van der Waals surface area contributed by atoms with Gasteiger partial charge in [0.05, 0.1) is 11.6 Å². The van der Waals surface area contributed by atoms with Crippen LogP contribution in [0, 0.1) is 5.92 Å². The summed E-state index contributed by atoms with van der Waals surface area (Å²) in [5.41, 5.74) is 1.38. The molecule has 2 saturated heterocycles. The highest BCUT2D eigenvalue weighted by Gasteiger charge is 2.40. The van der Waals surface area contributed by atoms with E-state index in [1.165, 1.54) is 4.31 Å². The second-order valence-corrected chi connectivity index (χ2v) is 12.2. The van der Waals surface area contributed by atoms with Crippen molar-refractivity contribution in [3.63, 3.8) is 0 Å². The molecule has 3 heterocycles. The maximum absolute atomic E-state index is 13.9. The molecular weight excluding hydrogens is 506 g/mol. The van der Waals surface area contributed by atoms with Gasteiger partial charge in [-0.05, 0) is 62.6 Å². The van der Waals surface area contributed by atoms with Gasteiger partial charge in [0, 0.05) is 43.1 Å². The van der Waals surface area contributed by atoms with E-state index in [9.17, 15) is 18.0 Å². The largest absolute Gasteiger partial charge is 0.339 e. The third-order valence-corrected chi connectivity index (χ3v) is 9.67. The smallest absolute Gasteiger partial charge is 0.245 e. The van der Waals surface area contributed by atoms with Crippen molar-refractivity contribution >= 4 is 43.5 Å². The first-order chi connectivity index (χ1) is 15.8. The lowest BCUT2D eigenvalue weighted by atomic mass is 9.93. The first kappa shape index (κ1) is 24.7. The highest BCUT2D eigenvalue weighted by Crippen LogP contribution is 2.40. The van der Waals surface area contributed by atoms with Gasteiger partial charge in [-0.1, -0.05) is 29.8 Å². The maximum atomic E-state index is 13.9. The first-order valence-electron chi connectivity index (χ1n) is 12.2. The van der Waals surface area contributed by atoms with Crippen molar-refractivity contribution in [1.29, 1.82) is 0 Å². The van der Waals surface area contributed by atoms with E-state index >= 15 is 0 Å². The summed E-state index contributed by atoms with van der Waals surface area (Å²) < 4.78 is 29.9. The van der Waals surface area contributed by atoms with E-state index in [1.54, 1.807) is 17.9 Å². The van der Waals surface area contributed by atoms with Crippen LogP contribution < -0.4 is 4.90 Å². The number of halogens is 1. The lowest BCUT2D eigenvalue weighted by Crippen LogP contribution is -2.51. The number of nitrogens with zero attached hydrogens (tertiary/aromatic N) is 3. The minimum Gasteiger partial charge on any atom is -0.339 e. The van der Waals surface area contributed by atoms with Crippen molar-refractivity contribution in [3.05, 3.63) is 22.2 Å². The quantitative estimate of drug-likeness (QED) is 0.567. The van der Waals surface area contributed by atoms with Crippen LogP contribution in [0.4, 0.5) is 5.69 Å². The molecule has 0 aliphatic carbocycles. The molecule has 7 nitrogen and oxygen atoms in total. The van der Waals surface area contributed by atoms with E-state index in [2.05, 4.69) is 22.9 Å². The van der Waals surface area contributed by atoms with Gasteiger partial charge in [0.2, 0.25) is 21.8 Å². The third-order valence-electron chi connectivity index (χ3n) is 7.33. The van der Waals surface area contributed by atoms with Gasteiger partial charge in [-0.15, -0.1) is 0 Å². The molecule has 0 aromatic heterocycles. The molecule has 1 aromatic carbocycles. The van der Waals surface area contributed by atoms with Crippen LogP contribution in [-0.2, 0) is 26.0 Å². The fourth-order valence-electron chi connectivity index (χ4n) is 5.56. The fraction of sp³-hybridized carbons (Fsp3) is 0.667. The molecule has 0 saturated carbocycles. The number of carbonyl (C=O) groups excluding carboxylic acids is 2. The molecular formula is C24H34BrN3O4S. The number of benzene rings is 1. The average molecular weight is 541 g/mol. The molecule has 33 heavy (non-hydrogen) atoms. The van der Waals surface area contributed by atoms with E-state index in [0.717, 1.165) is 44.2 Å². The molecule has 3 aliphatic heterocycles. The number of likely N-dealkylation sites (tertiary alicyclic amines) is 1. The summed E-state index contributed by atoms with van der Waals surface area (Å²) in [7, 11) is -3.86. The van der Waals surface area contributed by atoms with E-state index in [1.807, 2.05) is 11.0 Å². The Morgan fingerprint density at radius 3 is 2.58 bits per heavy atom. The molecule has 2 amide bonds. The number of piperidine rings is 2. The summed E-state index contributed by atoms with van der Waals surface area (Å²) in [6.45, 7) is 5.77. The summed E-state index contributed by atoms with van der Waals surface area (Å²) >= 11 is 3.46. The average Bonchev–Trinajstić information content (AvgIpc) is 3.26. The van der Waals surface area contributed by atoms with E-state index in [-0.39, 0.29) is 35.2 Å². The Morgan fingerprint density at radius 2 is 1.85 bits per heavy atom. The molecule has 9 heteroatoms. The number of amides is 2. The van der Waals surface area contributed by atoms with E-state index < -0.39 is 10.0 Å². The zero-order chi connectivity index (χ0) is 23.8. The van der Waals surface area contributed by atoms with Gasteiger partial charge in [-0.3, -0.25) is 9.59 Å². The predicted octanol–water partition coefficient (Wildman–Crippen LogP) is 3.94. The number of hydrogen-bond donors (Lipinski definition) is 0. The molecule has 0 bridgehead atoms. The van der Waals surface area contributed by atoms with Crippen molar-refractivity contribution in [2.75, 3.05) is 31.1 Å². The number of sulfonamides is 1. The highest BCUT2D eigenvalue weighted by molar-refractivity contribution is 9.10. The van der Waals surface area contributed by atoms with Gasteiger partial charge in [-0.2, -0.15) is 4.31 Å². The fourth-order valence-corrected chi connectivity index (χ4v) is 8.00.